The first-order valence-electron chi connectivity index (χ1n) is 7.73. The fourth-order valence-corrected chi connectivity index (χ4v) is 4.22. The number of hydrogen-bond acceptors (Lipinski definition) is 3. The van der Waals surface area contributed by atoms with Crippen molar-refractivity contribution in [2.45, 2.75) is 26.2 Å². The number of fused-ring (bicyclic) bond motifs is 2. The van der Waals surface area contributed by atoms with E-state index in [0.29, 0.717) is 17.1 Å². The minimum absolute atomic E-state index is 0.0886. The summed E-state index contributed by atoms with van der Waals surface area (Å²) >= 11 is 1.60. The van der Waals surface area contributed by atoms with E-state index in [-0.39, 0.29) is 11.6 Å². The minimum atomic E-state index is -0.247. The number of thiophene rings is 1. The van der Waals surface area contributed by atoms with E-state index in [0.717, 1.165) is 23.2 Å². The number of aromatic amines is 2. The Labute approximate surface area is 136 Å². The molecule has 1 unspecified atom stereocenters. The van der Waals surface area contributed by atoms with Crippen LogP contribution in [0.4, 0.5) is 5.69 Å². The summed E-state index contributed by atoms with van der Waals surface area (Å²) in [5, 5.41) is 2.92. The number of nitrogens with one attached hydrogen (secondary N) is 3. The number of hydrogen-bond donors (Lipinski definition) is 3. The van der Waals surface area contributed by atoms with Crippen LogP contribution in [0.3, 0.4) is 0 Å². The van der Waals surface area contributed by atoms with Crippen molar-refractivity contribution in [3.8, 4) is 0 Å². The first-order valence-corrected chi connectivity index (χ1v) is 8.55. The number of aryl methyl sites for hydroxylation is 1. The van der Waals surface area contributed by atoms with E-state index in [1.165, 1.54) is 16.9 Å². The van der Waals surface area contributed by atoms with E-state index in [1.54, 1.807) is 29.5 Å². The maximum atomic E-state index is 12.5. The van der Waals surface area contributed by atoms with Crippen molar-refractivity contribution >= 4 is 34.0 Å². The molecule has 118 valence electrons. The summed E-state index contributed by atoms with van der Waals surface area (Å²) in [4.78, 5) is 31.2. The van der Waals surface area contributed by atoms with Gasteiger partial charge in [-0.25, -0.2) is 4.79 Å². The van der Waals surface area contributed by atoms with E-state index in [4.69, 9.17) is 0 Å². The molecule has 3 N–H and O–H groups in total. The molecule has 0 saturated carbocycles. The van der Waals surface area contributed by atoms with Gasteiger partial charge in [0.05, 0.1) is 15.9 Å². The second kappa shape index (κ2) is 5.38. The molecule has 2 aromatic heterocycles. The summed E-state index contributed by atoms with van der Waals surface area (Å²) in [6, 6.07) is 7.37. The molecule has 1 amide bonds. The van der Waals surface area contributed by atoms with Crippen LogP contribution in [0.2, 0.25) is 0 Å². The molecule has 1 atom stereocenters. The van der Waals surface area contributed by atoms with Gasteiger partial charge in [0.1, 0.15) is 0 Å². The van der Waals surface area contributed by atoms with Crippen LogP contribution in [0.15, 0.2) is 29.1 Å². The maximum absolute atomic E-state index is 12.5. The van der Waals surface area contributed by atoms with E-state index < -0.39 is 0 Å². The third-order valence-corrected chi connectivity index (χ3v) is 5.56. The molecule has 4 rings (SSSR count). The van der Waals surface area contributed by atoms with Gasteiger partial charge < -0.3 is 15.3 Å². The topological polar surface area (TPSA) is 77.8 Å². The average molecular weight is 327 g/mol. The molecule has 5 nitrogen and oxygen atoms in total. The van der Waals surface area contributed by atoms with Crippen molar-refractivity contribution in [3.63, 3.8) is 0 Å². The third kappa shape index (κ3) is 2.70. The number of H-pyrrole nitrogens is 2. The zero-order chi connectivity index (χ0) is 16.0. The second-order valence-electron chi connectivity index (χ2n) is 6.20. The lowest BCUT2D eigenvalue weighted by Gasteiger charge is -2.16. The average Bonchev–Trinajstić information content (AvgIpc) is 3.08. The molecular formula is C17H17N3O2S. The number of aromatic nitrogens is 2. The number of carbonyl (C=O) groups excluding carboxylic acids is 1. The van der Waals surface area contributed by atoms with Gasteiger partial charge in [-0.15, -0.1) is 11.3 Å². The Balaban J connectivity index is 1.58. The molecule has 1 aliphatic rings. The monoisotopic (exact) mass is 327 g/mol. The normalized spacial score (nSPS) is 17.2. The maximum Gasteiger partial charge on any atom is 0.323 e. The molecular weight excluding hydrogens is 310 g/mol. The molecule has 1 aliphatic carbocycles. The quantitative estimate of drug-likeness (QED) is 0.675. The minimum Gasteiger partial charge on any atom is -0.321 e. The highest BCUT2D eigenvalue weighted by Crippen LogP contribution is 2.32. The van der Waals surface area contributed by atoms with Crippen LogP contribution in [0.25, 0.3) is 11.0 Å². The van der Waals surface area contributed by atoms with Gasteiger partial charge in [-0.2, -0.15) is 0 Å². The zero-order valence-electron chi connectivity index (χ0n) is 12.7. The first-order chi connectivity index (χ1) is 11.1. The fourth-order valence-electron chi connectivity index (χ4n) is 3.12. The Morgan fingerprint density at radius 3 is 2.96 bits per heavy atom. The van der Waals surface area contributed by atoms with Crippen LogP contribution in [0.1, 0.15) is 33.5 Å². The van der Waals surface area contributed by atoms with Crippen molar-refractivity contribution in [2.75, 3.05) is 5.32 Å². The van der Waals surface area contributed by atoms with Crippen molar-refractivity contribution in [2.24, 2.45) is 5.92 Å². The van der Waals surface area contributed by atoms with Crippen LogP contribution >= 0.6 is 11.3 Å². The molecule has 23 heavy (non-hydrogen) atoms. The smallest absolute Gasteiger partial charge is 0.321 e. The number of benzene rings is 1. The van der Waals surface area contributed by atoms with Gasteiger partial charge in [0.2, 0.25) is 0 Å². The van der Waals surface area contributed by atoms with Crippen molar-refractivity contribution in [3.05, 3.63) is 50.1 Å². The Kier molecular flexibility index (Phi) is 3.34. The Hall–Kier alpha value is -2.34. The second-order valence-corrected chi connectivity index (χ2v) is 7.34. The van der Waals surface area contributed by atoms with Gasteiger partial charge in [0, 0.05) is 10.6 Å². The van der Waals surface area contributed by atoms with Crippen LogP contribution in [0, 0.1) is 5.92 Å². The van der Waals surface area contributed by atoms with E-state index >= 15 is 0 Å². The van der Waals surface area contributed by atoms with E-state index in [9.17, 15) is 9.59 Å². The van der Waals surface area contributed by atoms with Gasteiger partial charge in [-0.1, -0.05) is 6.92 Å². The van der Waals surface area contributed by atoms with Gasteiger partial charge in [0.15, 0.2) is 0 Å². The summed E-state index contributed by atoms with van der Waals surface area (Å²) in [6.07, 6.45) is 3.34. The first kappa shape index (κ1) is 14.3. The number of rotatable bonds is 2. The van der Waals surface area contributed by atoms with Gasteiger partial charge in [0.25, 0.3) is 5.91 Å². The van der Waals surface area contributed by atoms with Crippen LogP contribution in [-0.2, 0) is 12.8 Å². The van der Waals surface area contributed by atoms with E-state index in [2.05, 4.69) is 22.2 Å². The molecule has 3 aromatic rings. The molecule has 0 fully saturated rings. The third-order valence-electron chi connectivity index (χ3n) is 4.33. The lowest BCUT2D eigenvalue weighted by atomic mass is 9.90. The van der Waals surface area contributed by atoms with Crippen molar-refractivity contribution in [1.29, 1.82) is 0 Å². The van der Waals surface area contributed by atoms with Crippen LogP contribution < -0.4 is 11.0 Å². The SMILES string of the molecule is CC1CCc2sc(C(=O)Nc3ccc4[nH]c(=O)[nH]c4c3)cc2C1. The fraction of sp³-hybridized carbons (Fsp3) is 0.294. The number of anilines is 1. The Morgan fingerprint density at radius 1 is 1.26 bits per heavy atom. The highest BCUT2D eigenvalue weighted by atomic mass is 32.1. The van der Waals surface area contributed by atoms with Crippen LogP contribution in [0.5, 0.6) is 0 Å². The van der Waals surface area contributed by atoms with Crippen molar-refractivity contribution in [1.82, 2.24) is 9.97 Å². The highest BCUT2D eigenvalue weighted by Gasteiger charge is 2.20. The van der Waals surface area contributed by atoms with Crippen LogP contribution in [-0.4, -0.2) is 15.9 Å². The van der Waals surface area contributed by atoms with Gasteiger partial charge in [-0.05, 0) is 55.0 Å². The van der Waals surface area contributed by atoms with Gasteiger partial charge in [-0.3, -0.25) is 4.79 Å². The summed E-state index contributed by atoms with van der Waals surface area (Å²) < 4.78 is 0. The molecule has 6 heteroatoms. The van der Waals surface area contributed by atoms with E-state index in [1.807, 2.05) is 6.07 Å². The predicted molar refractivity (Wildman–Crippen MR) is 92.4 cm³/mol. The summed E-state index contributed by atoms with van der Waals surface area (Å²) in [6.45, 7) is 2.26. The molecule has 0 aliphatic heterocycles. The number of amides is 1. The summed E-state index contributed by atoms with van der Waals surface area (Å²) in [7, 11) is 0. The lowest BCUT2D eigenvalue weighted by Crippen LogP contribution is -2.10. The Bertz CT molecular complexity index is 950. The number of imidazole rings is 1. The number of carbonyl (C=O) groups is 1. The molecule has 1 aromatic carbocycles. The van der Waals surface area contributed by atoms with Gasteiger partial charge >= 0.3 is 5.69 Å². The molecule has 0 saturated heterocycles. The highest BCUT2D eigenvalue weighted by molar-refractivity contribution is 7.14. The molecule has 0 bridgehead atoms. The largest absolute Gasteiger partial charge is 0.323 e. The summed E-state index contributed by atoms with van der Waals surface area (Å²) in [5.74, 6) is 0.607. The molecule has 0 spiro atoms. The standard InChI is InChI=1S/C17H17N3O2S/c1-9-2-5-14-10(6-9)7-15(23-14)16(21)18-11-3-4-12-13(8-11)20-17(22)19-12/h3-4,7-9H,2,5-6H2,1H3,(H,18,21)(H2,19,20,22). The summed E-state index contributed by atoms with van der Waals surface area (Å²) in [5.41, 5.74) is 3.17. The van der Waals surface area contributed by atoms with Crippen molar-refractivity contribution < 1.29 is 4.79 Å². The lowest BCUT2D eigenvalue weighted by molar-refractivity contribution is 0.103. The molecule has 2 heterocycles. The zero-order valence-corrected chi connectivity index (χ0v) is 13.5. The Morgan fingerprint density at radius 2 is 2.09 bits per heavy atom. The predicted octanol–water partition coefficient (Wildman–Crippen LogP) is 3.29. The molecule has 0 radical (unpaired) electrons.